The summed E-state index contributed by atoms with van der Waals surface area (Å²) in [4.78, 5) is 17.0. The van der Waals surface area contributed by atoms with Crippen molar-refractivity contribution in [1.82, 2.24) is 9.79 Å². The second-order valence-electron chi connectivity index (χ2n) is 2.89. The summed E-state index contributed by atoms with van der Waals surface area (Å²) in [5.74, 6) is 0. The molecule has 0 bridgehead atoms. The van der Waals surface area contributed by atoms with E-state index in [2.05, 4.69) is 4.98 Å². The van der Waals surface area contributed by atoms with Crippen molar-refractivity contribution >= 4 is 24.9 Å². The molecule has 1 aromatic heterocycles. The first-order valence-electron chi connectivity index (χ1n) is 3.94. The molecule has 13 heavy (non-hydrogen) atoms. The lowest BCUT2D eigenvalue weighted by Gasteiger charge is -2.27. The molecule has 0 saturated carbocycles. The first-order chi connectivity index (χ1) is 6.31. The monoisotopic (exact) mass is 195 g/mol. The van der Waals surface area contributed by atoms with Crippen LogP contribution in [0.25, 0.3) is 0 Å². The van der Waals surface area contributed by atoms with E-state index in [9.17, 15) is 9.90 Å². The minimum atomic E-state index is -0.507. The first kappa shape index (κ1) is 8.86. The second kappa shape index (κ2) is 3.57. The summed E-state index contributed by atoms with van der Waals surface area (Å²) in [6.07, 6.45) is 0.219. The molecule has 1 aromatic rings. The van der Waals surface area contributed by atoms with Gasteiger partial charge in [-0.05, 0) is 0 Å². The van der Waals surface area contributed by atoms with Crippen LogP contribution in [0.5, 0.6) is 0 Å². The topological polar surface area (TPSA) is 53.4 Å². The molecule has 4 nitrogen and oxygen atoms in total. The third-order valence-corrected chi connectivity index (χ3v) is 2.98. The normalized spacial score (nSPS) is 22.4. The zero-order valence-electron chi connectivity index (χ0n) is 6.88. The van der Waals surface area contributed by atoms with Crippen molar-refractivity contribution in [2.75, 3.05) is 6.54 Å². The lowest BCUT2D eigenvalue weighted by Crippen LogP contribution is -2.36. The standard InChI is InChI=1S/C7H8BN2O2S/c11-3-8-10-1-5-7(6(12)2-10)13-4-9-5/h3-4,6,12H,1-2H2. The molecule has 0 spiro atoms. The van der Waals surface area contributed by atoms with Crippen LogP contribution in [-0.2, 0) is 11.3 Å². The van der Waals surface area contributed by atoms with Crippen LogP contribution in [0.4, 0.5) is 0 Å². The van der Waals surface area contributed by atoms with Gasteiger partial charge in [-0.2, -0.15) is 0 Å². The minimum absolute atomic E-state index is 0.480. The minimum Gasteiger partial charge on any atom is -0.386 e. The summed E-state index contributed by atoms with van der Waals surface area (Å²) in [6.45, 7) is 1.10. The molecular weight excluding hydrogens is 187 g/mol. The number of β-amino-alcohol motifs (C(OH)–C–C–N with tert-alkyl or cyclic N) is 1. The van der Waals surface area contributed by atoms with Gasteiger partial charge in [-0.15, -0.1) is 11.3 Å². The zero-order valence-corrected chi connectivity index (χ0v) is 7.70. The third kappa shape index (κ3) is 1.65. The number of aliphatic hydroxyl groups is 1. The van der Waals surface area contributed by atoms with Crippen LogP contribution < -0.4 is 0 Å². The number of rotatable bonds is 2. The lowest BCUT2D eigenvalue weighted by atomic mass is 9.91. The summed E-state index contributed by atoms with van der Waals surface area (Å²) in [7, 11) is 1.44. The highest BCUT2D eigenvalue weighted by Gasteiger charge is 2.25. The number of carbonyl (C=O) groups is 1. The molecule has 1 aliphatic heterocycles. The first-order valence-corrected chi connectivity index (χ1v) is 4.82. The van der Waals surface area contributed by atoms with Crippen LogP contribution in [0, 0.1) is 0 Å². The van der Waals surface area contributed by atoms with Crippen LogP contribution in [0.2, 0.25) is 0 Å². The Bertz CT molecular complexity index is 317. The van der Waals surface area contributed by atoms with Gasteiger partial charge >= 0.3 is 0 Å². The van der Waals surface area contributed by atoms with Crippen LogP contribution in [0.15, 0.2) is 5.51 Å². The summed E-state index contributed by atoms with van der Waals surface area (Å²) in [5.41, 5.74) is 2.60. The van der Waals surface area contributed by atoms with Gasteiger partial charge in [-0.1, -0.05) is 0 Å². The molecule has 6 heteroatoms. The molecule has 1 unspecified atom stereocenters. The SMILES string of the molecule is O=C[B]N1Cc2ncsc2C(O)C1. The largest absolute Gasteiger partial charge is 0.386 e. The van der Waals surface area contributed by atoms with Crippen molar-refractivity contribution < 1.29 is 9.90 Å². The van der Waals surface area contributed by atoms with E-state index in [4.69, 9.17) is 0 Å². The molecule has 1 radical (unpaired) electrons. The van der Waals surface area contributed by atoms with E-state index in [1.807, 2.05) is 0 Å². The van der Waals surface area contributed by atoms with Crippen molar-refractivity contribution in [2.24, 2.45) is 0 Å². The van der Waals surface area contributed by atoms with E-state index in [0.29, 0.717) is 13.1 Å². The Morgan fingerprint density at radius 3 is 3.46 bits per heavy atom. The predicted molar refractivity (Wildman–Crippen MR) is 50.0 cm³/mol. The molecular formula is C7H8BN2O2S. The van der Waals surface area contributed by atoms with E-state index >= 15 is 0 Å². The third-order valence-electron chi connectivity index (χ3n) is 2.01. The Labute approximate surface area is 80.5 Å². The number of aromatic nitrogens is 1. The van der Waals surface area contributed by atoms with Crippen molar-refractivity contribution in [3.05, 3.63) is 16.1 Å². The van der Waals surface area contributed by atoms with Gasteiger partial charge in [0.1, 0.15) is 6.10 Å². The molecule has 0 fully saturated rings. The Morgan fingerprint density at radius 2 is 2.69 bits per heavy atom. The zero-order chi connectivity index (χ0) is 9.26. The van der Waals surface area contributed by atoms with Crippen LogP contribution in [0.1, 0.15) is 16.7 Å². The van der Waals surface area contributed by atoms with Gasteiger partial charge in [-0.25, -0.2) is 4.98 Å². The fourth-order valence-electron chi connectivity index (χ4n) is 1.43. The maximum Gasteiger partial charge on any atom is 0.293 e. The fraction of sp³-hybridized carbons (Fsp3) is 0.429. The Kier molecular flexibility index (Phi) is 2.43. The molecule has 0 saturated heterocycles. The number of nitrogens with zero attached hydrogens (tertiary/aromatic N) is 2. The number of thiazole rings is 1. The van der Waals surface area contributed by atoms with Gasteiger partial charge < -0.3 is 14.7 Å². The molecule has 67 valence electrons. The van der Waals surface area contributed by atoms with Crippen molar-refractivity contribution in [3.8, 4) is 0 Å². The number of fused-ring (bicyclic) bond motifs is 1. The van der Waals surface area contributed by atoms with E-state index in [1.165, 1.54) is 18.8 Å². The predicted octanol–water partition coefficient (Wildman–Crippen LogP) is -0.199. The average Bonchev–Trinajstić information content (AvgIpc) is 2.53. The van der Waals surface area contributed by atoms with Crippen LogP contribution in [-0.4, -0.2) is 35.0 Å². The van der Waals surface area contributed by atoms with Gasteiger partial charge in [0.15, 0.2) is 0 Å². The average molecular weight is 195 g/mol. The Balaban J connectivity index is 2.18. The van der Waals surface area contributed by atoms with E-state index in [-0.39, 0.29) is 0 Å². The highest BCUT2D eigenvalue weighted by molar-refractivity contribution is 7.09. The maximum absolute atomic E-state index is 10.2. The van der Waals surface area contributed by atoms with Gasteiger partial charge in [0.05, 0.1) is 22.3 Å². The highest BCUT2D eigenvalue weighted by Crippen LogP contribution is 2.28. The van der Waals surface area contributed by atoms with Crippen LogP contribution in [0.3, 0.4) is 0 Å². The number of aliphatic hydroxyl groups excluding tert-OH is 1. The molecule has 0 amide bonds. The Hall–Kier alpha value is -0.715. The molecule has 2 heterocycles. The van der Waals surface area contributed by atoms with E-state index < -0.39 is 6.10 Å². The van der Waals surface area contributed by atoms with E-state index in [0.717, 1.165) is 16.8 Å². The maximum atomic E-state index is 10.2. The van der Waals surface area contributed by atoms with Crippen LogP contribution >= 0.6 is 11.3 Å². The quantitative estimate of drug-likeness (QED) is 0.524. The highest BCUT2D eigenvalue weighted by atomic mass is 32.1. The smallest absolute Gasteiger partial charge is 0.293 e. The lowest BCUT2D eigenvalue weighted by molar-refractivity contribution is 0.135. The van der Waals surface area contributed by atoms with Crippen molar-refractivity contribution in [3.63, 3.8) is 0 Å². The Morgan fingerprint density at radius 1 is 1.85 bits per heavy atom. The molecule has 0 aliphatic carbocycles. The van der Waals surface area contributed by atoms with Crippen molar-refractivity contribution in [2.45, 2.75) is 12.6 Å². The van der Waals surface area contributed by atoms with E-state index in [1.54, 1.807) is 10.3 Å². The number of carbonyl (C=O) groups excluding carboxylic acids is 1. The second-order valence-corrected chi connectivity index (χ2v) is 3.78. The summed E-state index contributed by atoms with van der Waals surface area (Å²) < 4.78 is 0. The number of hydrogen-bond donors (Lipinski definition) is 1. The van der Waals surface area contributed by atoms with Gasteiger partial charge in [0.25, 0.3) is 7.41 Å². The van der Waals surface area contributed by atoms with Crippen molar-refractivity contribution in [1.29, 1.82) is 0 Å². The molecule has 0 aromatic carbocycles. The molecule has 1 atom stereocenters. The molecule has 2 rings (SSSR count). The number of hydrogen-bond acceptors (Lipinski definition) is 5. The summed E-state index contributed by atoms with van der Waals surface area (Å²) in [5, 5.41) is 9.64. The fourth-order valence-corrected chi connectivity index (χ4v) is 2.21. The van der Waals surface area contributed by atoms with Gasteiger partial charge in [0, 0.05) is 13.1 Å². The van der Waals surface area contributed by atoms with Gasteiger partial charge in [-0.3, -0.25) is 0 Å². The van der Waals surface area contributed by atoms with Gasteiger partial charge in [0.2, 0.25) is 0 Å². The molecule has 1 N–H and O–H groups in total. The molecule has 1 aliphatic rings. The summed E-state index contributed by atoms with van der Waals surface area (Å²) in [6, 6.07) is 0. The summed E-state index contributed by atoms with van der Waals surface area (Å²) >= 11 is 1.46.